The van der Waals surface area contributed by atoms with Crippen LogP contribution in [0.4, 0.5) is 5.82 Å². The van der Waals surface area contributed by atoms with E-state index in [0.717, 1.165) is 11.3 Å². The third kappa shape index (κ3) is 1.46. The summed E-state index contributed by atoms with van der Waals surface area (Å²) in [5, 5.41) is 8.92. The second-order valence-electron chi connectivity index (χ2n) is 3.39. The van der Waals surface area contributed by atoms with Crippen molar-refractivity contribution in [2.45, 2.75) is 6.92 Å². The van der Waals surface area contributed by atoms with E-state index in [-0.39, 0.29) is 0 Å². The van der Waals surface area contributed by atoms with Crippen molar-refractivity contribution in [3.63, 3.8) is 0 Å². The molecule has 15 heavy (non-hydrogen) atoms. The Hall–Kier alpha value is -2.21. The summed E-state index contributed by atoms with van der Waals surface area (Å²) in [6.07, 6.45) is 1.88. The normalized spacial score (nSPS) is 9.87. The van der Waals surface area contributed by atoms with Gasteiger partial charge in [0.1, 0.15) is 11.9 Å². The molecule has 0 amide bonds. The van der Waals surface area contributed by atoms with Crippen LogP contribution in [0.1, 0.15) is 11.1 Å². The van der Waals surface area contributed by atoms with E-state index in [0.29, 0.717) is 11.4 Å². The second kappa shape index (κ2) is 3.50. The van der Waals surface area contributed by atoms with Gasteiger partial charge in [-0.25, -0.2) is 0 Å². The third-order valence-electron chi connectivity index (χ3n) is 2.38. The molecule has 0 aliphatic heterocycles. The number of hydrogen-bond acceptors (Lipinski definition) is 2. The molecule has 74 valence electrons. The van der Waals surface area contributed by atoms with Crippen molar-refractivity contribution in [3.8, 4) is 11.8 Å². The summed E-state index contributed by atoms with van der Waals surface area (Å²) in [4.78, 5) is 0. The van der Waals surface area contributed by atoms with Crippen molar-refractivity contribution in [2.75, 3.05) is 5.73 Å². The van der Waals surface area contributed by atoms with Gasteiger partial charge in [0.2, 0.25) is 0 Å². The van der Waals surface area contributed by atoms with Gasteiger partial charge < -0.3 is 10.3 Å². The first kappa shape index (κ1) is 9.35. The van der Waals surface area contributed by atoms with Gasteiger partial charge in [-0.2, -0.15) is 5.26 Å². The molecular formula is C12H11N3. The van der Waals surface area contributed by atoms with E-state index in [1.165, 1.54) is 0 Å². The fourth-order valence-corrected chi connectivity index (χ4v) is 1.60. The molecule has 0 bridgehead atoms. The van der Waals surface area contributed by atoms with Gasteiger partial charge in [0.15, 0.2) is 0 Å². The van der Waals surface area contributed by atoms with Crippen LogP contribution < -0.4 is 5.73 Å². The molecule has 0 radical (unpaired) electrons. The molecule has 0 saturated heterocycles. The van der Waals surface area contributed by atoms with Crippen molar-refractivity contribution in [3.05, 3.63) is 47.7 Å². The maximum Gasteiger partial charge on any atom is 0.126 e. The van der Waals surface area contributed by atoms with E-state index in [9.17, 15) is 0 Å². The van der Waals surface area contributed by atoms with E-state index >= 15 is 0 Å². The Labute approximate surface area is 88.4 Å². The number of para-hydroxylation sites is 1. The lowest BCUT2D eigenvalue weighted by molar-refractivity contribution is 1.09. The molecule has 0 atom stereocenters. The molecule has 1 aromatic heterocycles. The number of nitrogens with two attached hydrogens (primary N) is 1. The fraction of sp³-hybridized carbons (Fsp3) is 0.0833. The van der Waals surface area contributed by atoms with Crippen LogP contribution in [0, 0.1) is 18.3 Å². The fourth-order valence-electron chi connectivity index (χ4n) is 1.60. The lowest BCUT2D eigenvalue weighted by atomic mass is 10.2. The number of aryl methyl sites for hydroxylation is 1. The van der Waals surface area contributed by atoms with Gasteiger partial charge in [0.05, 0.1) is 5.56 Å². The topological polar surface area (TPSA) is 54.7 Å². The van der Waals surface area contributed by atoms with E-state index in [1.807, 2.05) is 48.0 Å². The molecule has 2 N–H and O–H groups in total. The van der Waals surface area contributed by atoms with Crippen LogP contribution in [0.2, 0.25) is 0 Å². The average molecular weight is 197 g/mol. The minimum absolute atomic E-state index is 0.501. The Morgan fingerprint density at radius 3 is 2.47 bits per heavy atom. The quantitative estimate of drug-likeness (QED) is 0.762. The number of benzene rings is 1. The molecule has 1 heterocycles. The standard InChI is InChI=1S/C12H11N3/c1-9-8-15(12(14)11(9)7-13)10-5-3-2-4-6-10/h2-6,8H,14H2,1H3. The Bertz CT molecular complexity index is 518. The summed E-state index contributed by atoms with van der Waals surface area (Å²) in [7, 11) is 0. The minimum Gasteiger partial charge on any atom is -0.384 e. The van der Waals surface area contributed by atoms with Crippen LogP contribution in [0.5, 0.6) is 0 Å². The number of nitriles is 1. The molecule has 0 saturated carbocycles. The molecule has 1 aromatic carbocycles. The second-order valence-corrected chi connectivity index (χ2v) is 3.39. The van der Waals surface area contributed by atoms with E-state index in [4.69, 9.17) is 11.0 Å². The van der Waals surface area contributed by atoms with Crippen molar-refractivity contribution in [1.29, 1.82) is 5.26 Å². The first-order valence-corrected chi connectivity index (χ1v) is 4.67. The summed E-state index contributed by atoms with van der Waals surface area (Å²) in [5.74, 6) is 0.501. The largest absolute Gasteiger partial charge is 0.384 e. The molecule has 0 spiro atoms. The van der Waals surface area contributed by atoms with Crippen molar-refractivity contribution in [2.24, 2.45) is 0 Å². The van der Waals surface area contributed by atoms with E-state index < -0.39 is 0 Å². The first-order chi connectivity index (χ1) is 7.24. The van der Waals surface area contributed by atoms with Crippen LogP contribution in [-0.2, 0) is 0 Å². The van der Waals surface area contributed by atoms with Gasteiger partial charge in [0.25, 0.3) is 0 Å². The maximum absolute atomic E-state index is 8.92. The van der Waals surface area contributed by atoms with Gasteiger partial charge >= 0.3 is 0 Å². The predicted octanol–water partition coefficient (Wildman–Crippen LogP) is 2.24. The molecule has 0 fully saturated rings. The highest BCUT2D eigenvalue weighted by molar-refractivity contribution is 5.59. The number of anilines is 1. The highest BCUT2D eigenvalue weighted by Crippen LogP contribution is 2.22. The smallest absolute Gasteiger partial charge is 0.126 e. The van der Waals surface area contributed by atoms with Gasteiger partial charge in [-0.1, -0.05) is 18.2 Å². The molecule has 2 aromatic rings. The zero-order valence-corrected chi connectivity index (χ0v) is 8.44. The van der Waals surface area contributed by atoms with Crippen molar-refractivity contribution in [1.82, 2.24) is 4.57 Å². The van der Waals surface area contributed by atoms with Gasteiger partial charge in [-0.3, -0.25) is 0 Å². The molecule has 2 rings (SSSR count). The Kier molecular flexibility index (Phi) is 2.18. The highest BCUT2D eigenvalue weighted by atomic mass is 15.0. The maximum atomic E-state index is 8.92. The summed E-state index contributed by atoms with van der Waals surface area (Å²) in [6.45, 7) is 1.88. The number of aromatic nitrogens is 1. The molecule has 3 heteroatoms. The van der Waals surface area contributed by atoms with Gasteiger partial charge in [-0.15, -0.1) is 0 Å². The van der Waals surface area contributed by atoms with Crippen LogP contribution in [-0.4, -0.2) is 4.57 Å². The monoisotopic (exact) mass is 197 g/mol. The Morgan fingerprint density at radius 1 is 1.27 bits per heavy atom. The zero-order chi connectivity index (χ0) is 10.8. The molecule has 0 aliphatic rings. The van der Waals surface area contributed by atoms with Gasteiger partial charge in [-0.05, 0) is 24.6 Å². The SMILES string of the molecule is Cc1cn(-c2ccccc2)c(N)c1C#N. The molecular weight excluding hydrogens is 186 g/mol. The molecule has 0 unspecified atom stereocenters. The van der Waals surface area contributed by atoms with Crippen LogP contribution in [0.3, 0.4) is 0 Å². The molecule has 0 aliphatic carbocycles. The van der Waals surface area contributed by atoms with Crippen LogP contribution >= 0.6 is 0 Å². The van der Waals surface area contributed by atoms with Crippen molar-refractivity contribution < 1.29 is 0 Å². The Morgan fingerprint density at radius 2 is 1.93 bits per heavy atom. The number of rotatable bonds is 1. The summed E-state index contributed by atoms with van der Waals surface area (Å²) >= 11 is 0. The average Bonchev–Trinajstić information content (AvgIpc) is 2.55. The summed E-state index contributed by atoms with van der Waals surface area (Å²) < 4.78 is 1.83. The highest BCUT2D eigenvalue weighted by Gasteiger charge is 2.10. The predicted molar refractivity (Wildman–Crippen MR) is 59.6 cm³/mol. The minimum atomic E-state index is 0.501. The first-order valence-electron chi connectivity index (χ1n) is 4.67. The van der Waals surface area contributed by atoms with E-state index in [1.54, 1.807) is 0 Å². The number of hydrogen-bond donors (Lipinski definition) is 1. The van der Waals surface area contributed by atoms with Gasteiger partial charge in [0, 0.05) is 11.9 Å². The van der Waals surface area contributed by atoms with Crippen molar-refractivity contribution >= 4 is 5.82 Å². The molecule has 3 nitrogen and oxygen atoms in total. The lowest BCUT2D eigenvalue weighted by Crippen LogP contribution is -1.99. The number of nitrogens with zero attached hydrogens (tertiary/aromatic N) is 2. The summed E-state index contributed by atoms with van der Waals surface area (Å²) in [6, 6.07) is 11.8. The van der Waals surface area contributed by atoms with Crippen LogP contribution in [0.25, 0.3) is 5.69 Å². The third-order valence-corrected chi connectivity index (χ3v) is 2.38. The van der Waals surface area contributed by atoms with Crippen LogP contribution in [0.15, 0.2) is 36.5 Å². The zero-order valence-electron chi connectivity index (χ0n) is 8.44. The lowest BCUT2D eigenvalue weighted by Gasteiger charge is -2.04. The Balaban J connectivity index is 2.62. The summed E-state index contributed by atoms with van der Waals surface area (Å²) in [5.41, 5.74) is 8.32. The number of nitrogen functional groups attached to an aromatic ring is 1. The van der Waals surface area contributed by atoms with E-state index in [2.05, 4.69) is 6.07 Å².